The fourth-order valence-corrected chi connectivity index (χ4v) is 3.31. The van der Waals surface area contributed by atoms with Crippen LogP contribution in [0.25, 0.3) is 0 Å². The predicted octanol–water partition coefficient (Wildman–Crippen LogP) is 3.12. The largest absolute Gasteiger partial charge is 0.465 e. The minimum absolute atomic E-state index is 0.0628. The number of hydrogen-bond acceptors (Lipinski definition) is 5. The summed E-state index contributed by atoms with van der Waals surface area (Å²) in [4.78, 5) is 24.3. The van der Waals surface area contributed by atoms with Gasteiger partial charge in [0.05, 0.1) is 23.7 Å². The lowest BCUT2D eigenvalue weighted by Gasteiger charge is -2.44. The molecule has 22 heavy (non-hydrogen) atoms. The fraction of sp³-hybridized carbons (Fsp3) is 0.765. The zero-order valence-corrected chi connectivity index (χ0v) is 14.1. The molecule has 0 unspecified atom stereocenters. The van der Waals surface area contributed by atoms with Crippen LogP contribution in [0.3, 0.4) is 0 Å². The van der Waals surface area contributed by atoms with Crippen LogP contribution in [0.1, 0.15) is 60.3 Å². The van der Waals surface area contributed by atoms with Crippen molar-refractivity contribution in [3.8, 4) is 0 Å². The van der Waals surface area contributed by atoms with Crippen LogP contribution in [-0.4, -0.2) is 29.7 Å². The van der Waals surface area contributed by atoms with Crippen molar-refractivity contribution in [1.29, 1.82) is 0 Å². The summed E-state index contributed by atoms with van der Waals surface area (Å²) in [6, 6.07) is 0. The fourth-order valence-electron chi connectivity index (χ4n) is 3.31. The van der Waals surface area contributed by atoms with Crippen molar-refractivity contribution in [1.82, 2.24) is 0 Å². The van der Waals surface area contributed by atoms with E-state index in [9.17, 15) is 9.59 Å². The molecule has 2 aliphatic rings. The molecular weight excluding hydrogens is 284 g/mol. The van der Waals surface area contributed by atoms with Crippen LogP contribution < -0.4 is 0 Å². The third kappa shape index (κ3) is 3.05. The Morgan fingerprint density at radius 2 is 1.95 bits per heavy atom. The number of ketones is 1. The summed E-state index contributed by atoms with van der Waals surface area (Å²) in [5.74, 6) is -0.788. The second-order valence-electron chi connectivity index (χ2n) is 6.90. The van der Waals surface area contributed by atoms with E-state index < -0.39 is 17.2 Å². The Kier molecular flexibility index (Phi) is 4.66. The Morgan fingerprint density at radius 1 is 1.27 bits per heavy atom. The van der Waals surface area contributed by atoms with E-state index in [-0.39, 0.29) is 18.0 Å². The van der Waals surface area contributed by atoms with E-state index in [1.54, 1.807) is 13.8 Å². The average molecular weight is 310 g/mol. The molecule has 1 heterocycles. The van der Waals surface area contributed by atoms with E-state index in [1.165, 1.54) is 6.08 Å². The molecule has 1 saturated heterocycles. The maximum Gasteiger partial charge on any atom is 0.334 e. The van der Waals surface area contributed by atoms with Gasteiger partial charge in [-0.3, -0.25) is 4.79 Å². The highest BCUT2D eigenvalue weighted by molar-refractivity contribution is 5.88. The standard InChI is InChI=1S/C17H26O5/c1-11(2)20-15(19)9-13-10-16(5)14(18)7-6-8-17(16,22-13)21-12(3)4/h9,11-12H,6-8,10H2,1-5H3/b13-9+/t16-,17+/m0/s1. The second-order valence-corrected chi connectivity index (χ2v) is 6.90. The smallest absolute Gasteiger partial charge is 0.334 e. The first-order valence-corrected chi connectivity index (χ1v) is 8.00. The van der Waals surface area contributed by atoms with Crippen molar-refractivity contribution in [2.75, 3.05) is 0 Å². The molecule has 1 saturated carbocycles. The Hall–Kier alpha value is -1.36. The van der Waals surface area contributed by atoms with Gasteiger partial charge < -0.3 is 14.2 Å². The van der Waals surface area contributed by atoms with Gasteiger partial charge in [-0.2, -0.15) is 0 Å². The van der Waals surface area contributed by atoms with Crippen LogP contribution in [0.5, 0.6) is 0 Å². The summed E-state index contributed by atoms with van der Waals surface area (Å²) in [6.07, 6.45) is 3.41. The predicted molar refractivity (Wildman–Crippen MR) is 80.9 cm³/mol. The van der Waals surface area contributed by atoms with Gasteiger partial charge in [0, 0.05) is 19.3 Å². The van der Waals surface area contributed by atoms with Crippen molar-refractivity contribution >= 4 is 11.8 Å². The number of ether oxygens (including phenoxy) is 3. The van der Waals surface area contributed by atoms with E-state index in [1.807, 2.05) is 20.8 Å². The SMILES string of the molecule is CC(C)OC(=O)/C=C1\C[C@@]2(C)C(=O)CCC[C@@]2(OC(C)C)O1. The molecule has 5 nitrogen and oxygen atoms in total. The lowest BCUT2D eigenvalue weighted by atomic mass is 9.69. The molecule has 0 spiro atoms. The molecule has 1 aliphatic carbocycles. The van der Waals surface area contributed by atoms with Gasteiger partial charge in [-0.25, -0.2) is 4.79 Å². The van der Waals surface area contributed by atoms with E-state index in [0.717, 1.165) is 6.42 Å². The Morgan fingerprint density at radius 3 is 2.55 bits per heavy atom. The number of carbonyl (C=O) groups excluding carboxylic acids is 2. The molecule has 0 bridgehead atoms. The van der Waals surface area contributed by atoms with E-state index in [2.05, 4.69) is 0 Å². The monoisotopic (exact) mass is 310 g/mol. The number of carbonyl (C=O) groups is 2. The maximum absolute atomic E-state index is 12.5. The average Bonchev–Trinajstić information content (AvgIpc) is 2.61. The highest BCUT2D eigenvalue weighted by Gasteiger charge is 2.63. The molecule has 2 rings (SSSR count). The quantitative estimate of drug-likeness (QED) is 0.590. The first-order chi connectivity index (χ1) is 10.2. The third-order valence-corrected chi connectivity index (χ3v) is 4.25. The lowest BCUT2D eigenvalue weighted by Crippen LogP contribution is -2.54. The molecule has 0 radical (unpaired) electrons. The third-order valence-electron chi connectivity index (χ3n) is 4.25. The second kappa shape index (κ2) is 6.03. The summed E-state index contributed by atoms with van der Waals surface area (Å²) in [5.41, 5.74) is -0.737. The van der Waals surface area contributed by atoms with Gasteiger partial charge >= 0.3 is 5.97 Å². The lowest BCUT2D eigenvalue weighted by molar-refractivity contribution is -0.267. The molecule has 1 aliphatic heterocycles. The van der Waals surface area contributed by atoms with Crippen LogP contribution in [0.15, 0.2) is 11.8 Å². The van der Waals surface area contributed by atoms with Crippen LogP contribution in [0.2, 0.25) is 0 Å². The number of esters is 1. The Labute approximate surface area is 132 Å². The van der Waals surface area contributed by atoms with Crippen LogP contribution in [-0.2, 0) is 23.8 Å². The van der Waals surface area contributed by atoms with Gasteiger partial charge in [-0.15, -0.1) is 0 Å². The molecule has 5 heteroatoms. The van der Waals surface area contributed by atoms with Crippen molar-refractivity contribution in [3.63, 3.8) is 0 Å². The van der Waals surface area contributed by atoms with Crippen LogP contribution in [0.4, 0.5) is 0 Å². The topological polar surface area (TPSA) is 61.8 Å². The van der Waals surface area contributed by atoms with Gasteiger partial charge in [-0.1, -0.05) is 0 Å². The van der Waals surface area contributed by atoms with Gasteiger partial charge in [-0.05, 0) is 41.0 Å². The van der Waals surface area contributed by atoms with Crippen molar-refractivity contribution in [2.45, 2.75) is 78.3 Å². The molecule has 0 aromatic carbocycles. The van der Waals surface area contributed by atoms with Crippen LogP contribution in [0, 0.1) is 5.41 Å². The Bertz CT molecular complexity index is 493. The minimum atomic E-state index is -0.958. The number of rotatable bonds is 4. The van der Waals surface area contributed by atoms with Crippen LogP contribution >= 0.6 is 0 Å². The van der Waals surface area contributed by atoms with Gasteiger partial charge in [0.25, 0.3) is 0 Å². The normalized spacial score (nSPS) is 33.2. The van der Waals surface area contributed by atoms with Gasteiger partial charge in [0.1, 0.15) is 11.5 Å². The number of allylic oxidation sites excluding steroid dienone is 1. The maximum atomic E-state index is 12.5. The highest BCUT2D eigenvalue weighted by atomic mass is 16.7. The molecule has 0 N–H and O–H groups in total. The first kappa shape index (κ1) is 17.0. The molecule has 0 amide bonds. The number of hydrogen-bond donors (Lipinski definition) is 0. The molecular formula is C17H26O5. The first-order valence-electron chi connectivity index (χ1n) is 8.00. The van der Waals surface area contributed by atoms with Crippen molar-refractivity contribution in [2.24, 2.45) is 5.41 Å². The van der Waals surface area contributed by atoms with Gasteiger partial charge in [0.15, 0.2) is 0 Å². The van der Waals surface area contributed by atoms with Gasteiger partial charge in [0.2, 0.25) is 5.79 Å². The molecule has 124 valence electrons. The summed E-state index contributed by atoms with van der Waals surface area (Å²) in [7, 11) is 0. The summed E-state index contributed by atoms with van der Waals surface area (Å²) in [5, 5.41) is 0. The van der Waals surface area contributed by atoms with Crippen molar-refractivity contribution < 1.29 is 23.8 Å². The minimum Gasteiger partial charge on any atom is -0.465 e. The molecule has 2 atom stereocenters. The zero-order chi connectivity index (χ0) is 16.5. The summed E-state index contributed by atoms with van der Waals surface area (Å²) in [6.45, 7) is 9.31. The number of Topliss-reactive ketones (excluding diaryl/α,β-unsaturated/α-hetero) is 1. The molecule has 2 fully saturated rings. The van der Waals surface area contributed by atoms with E-state index in [4.69, 9.17) is 14.2 Å². The highest BCUT2D eigenvalue weighted by Crippen LogP contribution is 2.55. The molecule has 0 aromatic heterocycles. The summed E-state index contributed by atoms with van der Waals surface area (Å²) >= 11 is 0. The van der Waals surface area contributed by atoms with E-state index >= 15 is 0 Å². The van der Waals surface area contributed by atoms with E-state index in [0.29, 0.717) is 25.0 Å². The summed E-state index contributed by atoms with van der Waals surface area (Å²) < 4.78 is 17.2. The molecule has 0 aromatic rings. The zero-order valence-electron chi connectivity index (χ0n) is 14.1. The Balaban J connectivity index is 2.29. The van der Waals surface area contributed by atoms with Crippen molar-refractivity contribution in [3.05, 3.63) is 11.8 Å². The number of fused-ring (bicyclic) bond motifs is 1.